The summed E-state index contributed by atoms with van der Waals surface area (Å²) in [7, 11) is 0. The van der Waals surface area contributed by atoms with Crippen LogP contribution in [0.25, 0.3) is 5.52 Å². The number of fused-ring (bicyclic) bond motifs is 1. The highest BCUT2D eigenvalue weighted by molar-refractivity contribution is 5.51. The van der Waals surface area contributed by atoms with Crippen LogP contribution in [0.5, 0.6) is 0 Å². The van der Waals surface area contributed by atoms with E-state index in [2.05, 4.69) is 31.9 Å². The van der Waals surface area contributed by atoms with Gasteiger partial charge in [0.15, 0.2) is 0 Å². The van der Waals surface area contributed by atoms with Crippen LogP contribution in [0, 0.1) is 22.7 Å². The summed E-state index contributed by atoms with van der Waals surface area (Å²) in [5, 5.41) is 6.74. The molecule has 0 aromatic carbocycles. The average molecular weight is 326 g/mol. The van der Waals surface area contributed by atoms with Crippen LogP contribution < -0.4 is 0 Å². The van der Waals surface area contributed by atoms with Crippen LogP contribution in [-0.2, 0) is 0 Å². The maximum Gasteiger partial charge on any atom is 0.135 e. The standard InChI is InChI=1S/C18H22N4O2/c1-11-19-10-15-8-9-16(12-2-3-12)18(22(11)15)17(21-24)13-4-6-14(20-23)7-5-13/h8-10,12-14,17H,2-7H2,1H3. The molecule has 2 heterocycles. The first kappa shape index (κ1) is 15.4. The summed E-state index contributed by atoms with van der Waals surface area (Å²) in [6.45, 7) is 1.97. The maximum atomic E-state index is 11.9. The summed E-state index contributed by atoms with van der Waals surface area (Å²) in [4.78, 5) is 27.1. The molecule has 0 N–H and O–H groups in total. The number of imidazole rings is 1. The Morgan fingerprint density at radius 1 is 1.12 bits per heavy atom. The van der Waals surface area contributed by atoms with Crippen molar-refractivity contribution in [2.45, 2.75) is 63.5 Å². The topological polar surface area (TPSA) is 76.2 Å². The third-order valence-corrected chi connectivity index (χ3v) is 5.68. The molecule has 2 aliphatic carbocycles. The highest BCUT2D eigenvalue weighted by Gasteiger charge is 2.36. The van der Waals surface area contributed by atoms with E-state index in [0.717, 1.165) is 42.7 Å². The van der Waals surface area contributed by atoms with Gasteiger partial charge in [-0.25, -0.2) is 4.98 Å². The van der Waals surface area contributed by atoms with E-state index >= 15 is 0 Å². The monoisotopic (exact) mass is 326 g/mol. The molecule has 6 heteroatoms. The molecule has 0 amide bonds. The molecule has 126 valence electrons. The van der Waals surface area contributed by atoms with E-state index in [0.29, 0.717) is 5.92 Å². The number of nitroso groups, excluding NO2 is 2. The summed E-state index contributed by atoms with van der Waals surface area (Å²) in [6.07, 6.45) is 7.40. The molecule has 0 aliphatic heterocycles. The van der Waals surface area contributed by atoms with Crippen molar-refractivity contribution in [2.24, 2.45) is 16.3 Å². The van der Waals surface area contributed by atoms with Gasteiger partial charge >= 0.3 is 0 Å². The lowest BCUT2D eigenvalue weighted by Crippen LogP contribution is -2.23. The highest BCUT2D eigenvalue weighted by Crippen LogP contribution is 2.47. The lowest BCUT2D eigenvalue weighted by molar-refractivity contribution is 0.280. The lowest BCUT2D eigenvalue weighted by Gasteiger charge is -2.29. The van der Waals surface area contributed by atoms with Crippen molar-refractivity contribution in [3.63, 3.8) is 0 Å². The zero-order valence-electron chi connectivity index (χ0n) is 13.9. The van der Waals surface area contributed by atoms with Crippen LogP contribution in [0.3, 0.4) is 0 Å². The number of rotatable bonds is 5. The molecule has 4 rings (SSSR count). The van der Waals surface area contributed by atoms with Gasteiger partial charge in [0.25, 0.3) is 0 Å². The summed E-state index contributed by atoms with van der Waals surface area (Å²) in [5.41, 5.74) is 3.30. The second kappa shape index (κ2) is 6.07. The van der Waals surface area contributed by atoms with Crippen molar-refractivity contribution in [3.05, 3.63) is 45.2 Å². The Labute approximate surface area is 140 Å². The van der Waals surface area contributed by atoms with E-state index < -0.39 is 0 Å². The van der Waals surface area contributed by atoms with Gasteiger partial charge in [-0.1, -0.05) is 16.4 Å². The second-order valence-electron chi connectivity index (χ2n) is 7.24. The second-order valence-corrected chi connectivity index (χ2v) is 7.24. The van der Waals surface area contributed by atoms with Gasteiger partial charge in [0, 0.05) is 0 Å². The number of nitrogens with zero attached hydrogens (tertiary/aromatic N) is 4. The van der Waals surface area contributed by atoms with Crippen molar-refractivity contribution in [2.75, 3.05) is 0 Å². The Morgan fingerprint density at radius 2 is 1.88 bits per heavy atom. The van der Waals surface area contributed by atoms with Crippen LogP contribution in [0.1, 0.15) is 67.6 Å². The first-order valence-electron chi connectivity index (χ1n) is 8.84. The maximum absolute atomic E-state index is 11.9. The molecule has 2 aliphatic rings. The largest absolute Gasteiger partial charge is 0.298 e. The van der Waals surface area contributed by atoms with Crippen LogP contribution in [0.2, 0.25) is 0 Å². The van der Waals surface area contributed by atoms with Gasteiger partial charge < -0.3 is 0 Å². The van der Waals surface area contributed by atoms with Crippen LogP contribution in [0.4, 0.5) is 0 Å². The number of pyridine rings is 1. The molecule has 1 unspecified atom stereocenters. The van der Waals surface area contributed by atoms with E-state index in [-0.39, 0.29) is 18.0 Å². The first-order chi connectivity index (χ1) is 11.7. The van der Waals surface area contributed by atoms with Crippen molar-refractivity contribution in [1.82, 2.24) is 9.38 Å². The van der Waals surface area contributed by atoms with Gasteiger partial charge in [-0.05, 0) is 68.9 Å². The van der Waals surface area contributed by atoms with Crippen molar-refractivity contribution < 1.29 is 0 Å². The Balaban J connectivity index is 1.78. The Hall–Kier alpha value is -2.11. The zero-order chi connectivity index (χ0) is 16.7. The third-order valence-electron chi connectivity index (χ3n) is 5.68. The number of aryl methyl sites for hydroxylation is 1. The van der Waals surface area contributed by atoms with Gasteiger partial charge in [0.1, 0.15) is 11.9 Å². The van der Waals surface area contributed by atoms with Crippen molar-refractivity contribution >= 4 is 5.52 Å². The fourth-order valence-electron chi connectivity index (χ4n) is 4.21. The molecule has 2 saturated carbocycles. The minimum Gasteiger partial charge on any atom is -0.298 e. The van der Waals surface area contributed by atoms with Crippen molar-refractivity contribution in [1.29, 1.82) is 0 Å². The number of hydrogen-bond donors (Lipinski definition) is 0. The number of aromatic nitrogens is 2. The molecular formula is C18H22N4O2. The van der Waals surface area contributed by atoms with Crippen LogP contribution in [0.15, 0.2) is 28.7 Å². The molecular weight excluding hydrogens is 304 g/mol. The molecule has 0 spiro atoms. The summed E-state index contributed by atoms with van der Waals surface area (Å²) in [6, 6.07) is 3.78. The van der Waals surface area contributed by atoms with Gasteiger partial charge in [-0.2, -0.15) is 9.81 Å². The molecule has 0 saturated heterocycles. The van der Waals surface area contributed by atoms with Gasteiger partial charge in [-0.15, -0.1) is 0 Å². The fourth-order valence-corrected chi connectivity index (χ4v) is 4.21. The molecule has 0 bridgehead atoms. The van der Waals surface area contributed by atoms with Gasteiger partial charge in [-0.3, -0.25) is 4.40 Å². The highest BCUT2D eigenvalue weighted by atomic mass is 16.3. The summed E-state index contributed by atoms with van der Waals surface area (Å²) in [5.74, 6) is 1.63. The van der Waals surface area contributed by atoms with Crippen LogP contribution in [-0.4, -0.2) is 15.4 Å². The molecule has 2 fully saturated rings. The Morgan fingerprint density at radius 3 is 2.50 bits per heavy atom. The predicted octanol–water partition coefficient (Wildman–Crippen LogP) is 4.65. The summed E-state index contributed by atoms with van der Waals surface area (Å²) < 4.78 is 2.11. The van der Waals surface area contributed by atoms with E-state index in [1.54, 1.807) is 0 Å². The minimum absolute atomic E-state index is 0.0952. The summed E-state index contributed by atoms with van der Waals surface area (Å²) >= 11 is 0. The normalized spacial score (nSPS) is 25.5. The molecule has 1 atom stereocenters. The fraction of sp³-hybridized carbons (Fsp3) is 0.611. The zero-order valence-corrected chi connectivity index (χ0v) is 13.9. The minimum atomic E-state index is -0.371. The molecule has 2 aromatic rings. The lowest BCUT2D eigenvalue weighted by atomic mass is 9.80. The van der Waals surface area contributed by atoms with Gasteiger partial charge in [0.05, 0.1) is 23.4 Å². The number of hydrogen-bond acceptors (Lipinski definition) is 5. The van der Waals surface area contributed by atoms with Crippen LogP contribution >= 0.6 is 0 Å². The van der Waals surface area contributed by atoms with Crippen molar-refractivity contribution in [3.8, 4) is 0 Å². The van der Waals surface area contributed by atoms with E-state index in [1.807, 2.05) is 13.1 Å². The molecule has 0 radical (unpaired) electrons. The molecule has 2 aromatic heterocycles. The molecule has 6 nitrogen and oxygen atoms in total. The van der Waals surface area contributed by atoms with E-state index in [9.17, 15) is 9.81 Å². The predicted molar refractivity (Wildman–Crippen MR) is 92.0 cm³/mol. The first-order valence-corrected chi connectivity index (χ1v) is 8.84. The van der Waals surface area contributed by atoms with E-state index in [1.165, 1.54) is 18.4 Å². The smallest absolute Gasteiger partial charge is 0.135 e. The Kier molecular flexibility index (Phi) is 3.90. The van der Waals surface area contributed by atoms with Gasteiger partial charge in [0.2, 0.25) is 0 Å². The third kappa shape index (κ3) is 2.54. The average Bonchev–Trinajstić information content (AvgIpc) is 3.39. The quantitative estimate of drug-likeness (QED) is 0.750. The Bertz CT molecular complexity index is 773. The molecule has 24 heavy (non-hydrogen) atoms. The van der Waals surface area contributed by atoms with E-state index in [4.69, 9.17) is 0 Å². The SMILES string of the molecule is Cc1ncc2ccc(C3CC3)c(C(N=O)C3CCC(N=O)CC3)n12.